The predicted molar refractivity (Wildman–Crippen MR) is 100 cm³/mol. The number of rotatable bonds is 4. The van der Waals surface area contributed by atoms with Gasteiger partial charge in [0.1, 0.15) is 11.4 Å². The number of hydrogen-bond acceptors (Lipinski definition) is 5. The summed E-state index contributed by atoms with van der Waals surface area (Å²) in [5, 5.41) is 14.1. The molecule has 1 saturated heterocycles. The van der Waals surface area contributed by atoms with Crippen molar-refractivity contribution in [3.05, 3.63) is 42.0 Å². The molecule has 1 aliphatic carbocycles. The number of nitrogens with one attached hydrogen (secondary N) is 2. The Labute approximate surface area is 165 Å². The van der Waals surface area contributed by atoms with Gasteiger partial charge in [0.25, 0.3) is 0 Å². The van der Waals surface area contributed by atoms with Gasteiger partial charge >= 0.3 is 12.3 Å². The van der Waals surface area contributed by atoms with Gasteiger partial charge in [-0.2, -0.15) is 13.2 Å². The molecule has 2 heterocycles. The number of alkyl halides is 3. The van der Waals surface area contributed by atoms with Crippen LogP contribution >= 0.6 is 0 Å². The lowest BCUT2D eigenvalue weighted by Gasteiger charge is -2.34. The van der Waals surface area contributed by atoms with Crippen LogP contribution in [0.4, 0.5) is 23.8 Å². The highest BCUT2D eigenvalue weighted by Crippen LogP contribution is 2.37. The van der Waals surface area contributed by atoms with E-state index in [2.05, 4.69) is 20.8 Å². The molecule has 1 amide bonds. The van der Waals surface area contributed by atoms with E-state index in [1.807, 2.05) is 0 Å². The Morgan fingerprint density at radius 2 is 1.97 bits per heavy atom. The van der Waals surface area contributed by atoms with E-state index in [-0.39, 0.29) is 11.7 Å². The average molecular weight is 406 g/mol. The zero-order valence-corrected chi connectivity index (χ0v) is 15.6. The van der Waals surface area contributed by atoms with E-state index in [9.17, 15) is 18.0 Å². The lowest BCUT2D eigenvalue weighted by atomic mass is 9.79. The van der Waals surface area contributed by atoms with Crippen LogP contribution in [-0.4, -0.2) is 35.0 Å². The molecule has 1 spiro atoms. The first-order valence-corrected chi connectivity index (χ1v) is 9.55. The second-order valence-electron chi connectivity index (χ2n) is 7.63. The van der Waals surface area contributed by atoms with E-state index >= 15 is 0 Å². The third kappa shape index (κ3) is 4.44. The van der Waals surface area contributed by atoms with Crippen molar-refractivity contribution in [2.24, 2.45) is 5.92 Å². The van der Waals surface area contributed by atoms with E-state index < -0.39 is 11.7 Å². The molecule has 2 aromatic rings. The molecule has 0 radical (unpaired) electrons. The minimum Gasteiger partial charge on any atom is -0.441 e. The molecule has 29 heavy (non-hydrogen) atoms. The van der Waals surface area contributed by atoms with E-state index in [4.69, 9.17) is 4.74 Å². The number of benzene rings is 1. The zero-order chi connectivity index (χ0) is 20.5. The summed E-state index contributed by atoms with van der Waals surface area (Å²) in [7, 11) is 0. The number of nitrogens with zero attached hydrogens (tertiary/aromatic N) is 2. The first-order valence-electron chi connectivity index (χ1n) is 9.55. The highest BCUT2D eigenvalue weighted by Gasteiger charge is 2.43. The van der Waals surface area contributed by atoms with E-state index in [0.717, 1.165) is 44.4 Å². The molecule has 1 saturated carbocycles. The number of halogens is 3. The van der Waals surface area contributed by atoms with Gasteiger partial charge in [-0.15, -0.1) is 10.2 Å². The molecule has 0 unspecified atom stereocenters. The molecule has 0 bridgehead atoms. The van der Waals surface area contributed by atoms with Gasteiger partial charge in [0.15, 0.2) is 0 Å². The molecule has 1 aromatic carbocycles. The lowest BCUT2D eigenvalue weighted by Crippen LogP contribution is -2.39. The van der Waals surface area contributed by atoms with Crippen LogP contribution < -0.4 is 10.6 Å². The Hall–Kier alpha value is -2.84. The maximum absolute atomic E-state index is 12.9. The molecule has 2 N–H and O–H groups in total. The maximum Gasteiger partial charge on any atom is 0.416 e. The number of aromatic nitrogens is 2. The van der Waals surface area contributed by atoms with Crippen LogP contribution in [0, 0.1) is 5.92 Å². The van der Waals surface area contributed by atoms with E-state index in [0.29, 0.717) is 29.5 Å². The summed E-state index contributed by atoms with van der Waals surface area (Å²) < 4.78 is 44.0. The van der Waals surface area contributed by atoms with Crippen molar-refractivity contribution in [2.45, 2.75) is 37.5 Å². The number of carbonyl (C=O) groups is 1. The van der Waals surface area contributed by atoms with Crippen molar-refractivity contribution in [2.75, 3.05) is 18.4 Å². The monoisotopic (exact) mass is 406 g/mol. The summed E-state index contributed by atoms with van der Waals surface area (Å²) in [5.74, 6) is 1.01. The smallest absolute Gasteiger partial charge is 0.416 e. The summed E-state index contributed by atoms with van der Waals surface area (Å²) in [6, 6.07) is 8.41. The fraction of sp³-hybridized carbons (Fsp3) is 0.450. The molecular weight excluding hydrogens is 385 g/mol. The normalized spacial score (nSPS) is 24.2. The SMILES string of the molecule is O=C1NC[C@]2(CC[C@@H](CNc3ccc(-c4cccc(C(F)(F)F)c4)nn3)CC2)O1. The summed E-state index contributed by atoms with van der Waals surface area (Å²) in [4.78, 5) is 11.3. The molecule has 9 heteroatoms. The average Bonchev–Trinajstić information content (AvgIpc) is 3.08. The van der Waals surface area contributed by atoms with Crippen molar-refractivity contribution in [1.29, 1.82) is 0 Å². The van der Waals surface area contributed by atoms with Gasteiger partial charge in [0.05, 0.1) is 17.8 Å². The van der Waals surface area contributed by atoms with Crippen LogP contribution in [0.25, 0.3) is 11.3 Å². The number of amides is 1. The fourth-order valence-corrected chi connectivity index (χ4v) is 3.87. The molecule has 1 aromatic heterocycles. The van der Waals surface area contributed by atoms with Crippen LogP contribution in [0.1, 0.15) is 31.2 Å². The summed E-state index contributed by atoms with van der Waals surface area (Å²) >= 11 is 0. The summed E-state index contributed by atoms with van der Waals surface area (Å²) in [6.45, 7) is 1.30. The highest BCUT2D eigenvalue weighted by molar-refractivity contribution is 5.70. The van der Waals surface area contributed by atoms with Crippen molar-refractivity contribution >= 4 is 11.9 Å². The highest BCUT2D eigenvalue weighted by atomic mass is 19.4. The molecule has 1 aliphatic heterocycles. The second-order valence-corrected chi connectivity index (χ2v) is 7.63. The van der Waals surface area contributed by atoms with Crippen molar-refractivity contribution in [1.82, 2.24) is 15.5 Å². The number of ether oxygens (including phenoxy) is 1. The van der Waals surface area contributed by atoms with Gasteiger partial charge in [-0.1, -0.05) is 12.1 Å². The predicted octanol–water partition coefficient (Wildman–Crippen LogP) is 4.24. The van der Waals surface area contributed by atoms with Gasteiger partial charge in [-0.25, -0.2) is 4.79 Å². The first kappa shape index (κ1) is 19.5. The van der Waals surface area contributed by atoms with Gasteiger partial charge in [0, 0.05) is 12.1 Å². The largest absolute Gasteiger partial charge is 0.441 e. The third-order valence-corrected chi connectivity index (χ3v) is 5.60. The Balaban J connectivity index is 1.32. The van der Waals surface area contributed by atoms with E-state index in [1.54, 1.807) is 18.2 Å². The van der Waals surface area contributed by atoms with Crippen LogP contribution in [-0.2, 0) is 10.9 Å². The Morgan fingerprint density at radius 1 is 1.17 bits per heavy atom. The topological polar surface area (TPSA) is 76.1 Å². The van der Waals surface area contributed by atoms with Crippen molar-refractivity contribution in [3.8, 4) is 11.3 Å². The van der Waals surface area contributed by atoms with Gasteiger partial charge in [-0.3, -0.25) is 0 Å². The standard InChI is InChI=1S/C20H21F3N4O2/c21-20(22,23)15-3-1-2-14(10-15)16-4-5-17(27-26-16)24-11-13-6-8-19(9-7-13)12-25-18(28)29-19/h1-5,10,13H,6-9,11-12H2,(H,24,27)(H,25,28)/t13-,19-. The van der Waals surface area contributed by atoms with Crippen molar-refractivity contribution < 1.29 is 22.7 Å². The maximum atomic E-state index is 12.9. The van der Waals surface area contributed by atoms with Gasteiger partial charge in [0.2, 0.25) is 0 Å². The van der Waals surface area contributed by atoms with Gasteiger partial charge < -0.3 is 15.4 Å². The van der Waals surface area contributed by atoms with E-state index in [1.165, 1.54) is 6.07 Å². The molecule has 154 valence electrons. The molecule has 2 fully saturated rings. The minimum absolute atomic E-state index is 0.335. The first-order chi connectivity index (χ1) is 13.8. The zero-order valence-electron chi connectivity index (χ0n) is 15.6. The Kier molecular flexibility index (Phi) is 5.06. The molecule has 0 atom stereocenters. The fourth-order valence-electron chi connectivity index (χ4n) is 3.87. The van der Waals surface area contributed by atoms with Crippen LogP contribution in [0.15, 0.2) is 36.4 Å². The number of alkyl carbamates (subject to hydrolysis) is 1. The minimum atomic E-state index is -4.39. The molecule has 2 aliphatic rings. The van der Waals surface area contributed by atoms with Crippen molar-refractivity contribution in [3.63, 3.8) is 0 Å². The van der Waals surface area contributed by atoms with Gasteiger partial charge in [-0.05, 0) is 55.9 Å². The van der Waals surface area contributed by atoms with Crippen LogP contribution in [0.5, 0.6) is 0 Å². The number of anilines is 1. The Bertz CT molecular complexity index is 878. The number of hydrogen-bond donors (Lipinski definition) is 2. The molecule has 6 nitrogen and oxygen atoms in total. The molecule has 4 rings (SSSR count). The second kappa shape index (κ2) is 7.53. The lowest BCUT2D eigenvalue weighted by molar-refractivity contribution is -0.137. The quantitative estimate of drug-likeness (QED) is 0.794. The van der Waals surface area contributed by atoms with Crippen LogP contribution in [0.3, 0.4) is 0 Å². The third-order valence-electron chi connectivity index (χ3n) is 5.60. The summed E-state index contributed by atoms with van der Waals surface area (Å²) in [6.07, 6.45) is -1.18. The van der Waals surface area contributed by atoms with Crippen LogP contribution in [0.2, 0.25) is 0 Å². The Morgan fingerprint density at radius 3 is 2.59 bits per heavy atom. The molecular formula is C20H21F3N4O2. The number of carbonyl (C=O) groups excluding carboxylic acids is 1. The summed E-state index contributed by atoms with van der Waals surface area (Å²) in [5.41, 5.74) is -0.301.